The summed E-state index contributed by atoms with van der Waals surface area (Å²) in [6, 6.07) is 4.58. The van der Waals surface area contributed by atoms with Gasteiger partial charge < -0.3 is 15.5 Å². The number of rotatable bonds is 1. The summed E-state index contributed by atoms with van der Waals surface area (Å²) in [4.78, 5) is 13.8. The van der Waals surface area contributed by atoms with E-state index in [2.05, 4.69) is 10.6 Å². The first-order chi connectivity index (χ1) is 9.95. The molecule has 0 aromatic heterocycles. The number of hydrogen-bond donors (Lipinski definition) is 2. The monoisotopic (exact) mass is 299 g/mol. The molecule has 1 aromatic rings. The van der Waals surface area contributed by atoms with Crippen LogP contribution in [0.4, 0.5) is 23.7 Å². The van der Waals surface area contributed by atoms with Gasteiger partial charge in [-0.15, -0.1) is 0 Å². The Bertz CT molecular complexity index is 535. The summed E-state index contributed by atoms with van der Waals surface area (Å²) in [6.45, 7) is 2.93. The van der Waals surface area contributed by atoms with Crippen molar-refractivity contribution in [2.75, 3.05) is 31.5 Å². The fourth-order valence-corrected chi connectivity index (χ4v) is 3.05. The largest absolute Gasteiger partial charge is 0.418 e. The molecule has 2 unspecified atom stereocenters. The molecule has 2 aliphatic heterocycles. The minimum absolute atomic E-state index is 0.190. The Labute approximate surface area is 120 Å². The SMILES string of the molecule is O=C(Nc1ccccc1C(F)(F)F)N1CC2CNCC2C1. The summed E-state index contributed by atoms with van der Waals surface area (Å²) in [5.74, 6) is 0.821. The molecule has 2 amide bonds. The zero-order chi connectivity index (χ0) is 15.0. The van der Waals surface area contributed by atoms with Crippen molar-refractivity contribution in [1.29, 1.82) is 0 Å². The van der Waals surface area contributed by atoms with Gasteiger partial charge in [-0.2, -0.15) is 13.2 Å². The van der Waals surface area contributed by atoms with Crippen molar-refractivity contribution in [2.24, 2.45) is 11.8 Å². The maximum absolute atomic E-state index is 12.9. The number of halogens is 3. The summed E-state index contributed by atoms with van der Waals surface area (Å²) in [7, 11) is 0. The zero-order valence-corrected chi connectivity index (χ0v) is 11.3. The molecule has 0 saturated carbocycles. The third-order valence-corrected chi connectivity index (χ3v) is 4.15. The highest BCUT2D eigenvalue weighted by Crippen LogP contribution is 2.35. The van der Waals surface area contributed by atoms with Crippen molar-refractivity contribution in [3.05, 3.63) is 29.8 Å². The molecule has 114 valence electrons. The van der Waals surface area contributed by atoms with Crippen LogP contribution in [0.25, 0.3) is 0 Å². The Kier molecular flexibility index (Phi) is 3.52. The highest BCUT2D eigenvalue weighted by molar-refractivity contribution is 5.90. The van der Waals surface area contributed by atoms with Gasteiger partial charge in [-0.3, -0.25) is 0 Å². The van der Waals surface area contributed by atoms with Crippen LogP contribution < -0.4 is 10.6 Å². The van der Waals surface area contributed by atoms with E-state index in [1.54, 1.807) is 4.90 Å². The molecule has 2 fully saturated rings. The van der Waals surface area contributed by atoms with Crippen LogP contribution in [0, 0.1) is 11.8 Å². The summed E-state index contributed by atoms with van der Waals surface area (Å²) < 4.78 is 38.7. The quantitative estimate of drug-likeness (QED) is 0.836. The van der Waals surface area contributed by atoms with Crippen LogP contribution in [-0.4, -0.2) is 37.1 Å². The molecule has 3 rings (SSSR count). The number of carbonyl (C=O) groups excluding carboxylic acids is 1. The van der Waals surface area contributed by atoms with Gasteiger partial charge in [-0.25, -0.2) is 4.79 Å². The highest BCUT2D eigenvalue weighted by Gasteiger charge is 2.39. The van der Waals surface area contributed by atoms with Crippen molar-refractivity contribution in [3.63, 3.8) is 0 Å². The van der Waals surface area contributed by atoms with E-state index in [-0.39, 0.29) is 5.69 Å². The number of benzene rings is 1. The Hall–Kier alpha value is -1.76. The normalized spacial score (nSPS) is 25.0. The Morgan fingerprint density at radius 3 is 2.43 bits per heavy atom. The van der Waals surface area contributed by atoms with E-state index >= 15 is 0 Å². The zero-order valence-electron chi connectivity index (χ0n) is 11.3. The molecule has 2 N–H and O–H groups in total. The molecule has 1 aromatic carbocycles. The van der Waals surface area contributed by atoms with Crippen LogP contribution in [0.1, 0.15) is 5.56 Å². The molecular formula is C14H16F3N3O. The third-order valence-electron chi connectivity index (χ3n) is 4.15. The van der Waals surface area contributed by atoms with E-state index < -0.39 is 17.8 Å². The third kappa shape index (κ3) is 2.83. The van der Waals surface area contributed by atoms with Gasteiger partial charge in [0.05, 0.1) is 11.3 Å². The van der Waals surface area contributed by atoms with E-state index in [4.69, 9.17) is 0 Å². The lowest BCUT2D eigenvalue weighted by atomic mass is 10.0. The van der Waals surface area contributed by atoms with Gasteiger partial charge in [0.15, 0.2) is 0 Å². The van der Waals surface area contributed by atoms with Gasteiger partial charge in [0.1, 0.15) is 0 Å². The van der Waals surface area contributed by atoms with Crippen molar-refractivity contribution < 1.29 is 18.0 Å². The van der Waals surface area contributed by atoms with Gasteiger partial charge in [-0.1, -0.05) is 12.1 Å². The Morgan fingerprint density at radius 1 is 1.19 bits per heavy atom. The molecule has 0 radical (unpaired) electrons. The first-order valence-corrected chi connectivity index (χ1v) is 6.88. The van der Waals surface area contributed by atoms with Gasteiger partial charge in [0, 0.05) is 26.2 Å². The standard InChI is InChI=1S/C14H16F3N3O/c15-14(16,17)11-3-1-2-4-12(11)19-13(21)20-7-9-5-18-6-10(9)8-20/h1-4,9-10,18H,5-8H2,(H,19,21). The van der Waals surface area contributed by atoms with Crippen molar-refractivity contribution >= 4 is 11.7 Å². The number of urea groups is 1. The Morgan fingerprint density at radius 2 is 1.81 bits per heavy atom. The molecule has 2 heterocycles. The van der Waals surface area contributed by atoms with E-state index in [0.717, 1.165) is 19.2 Å². The van der Waals surface area contributed by atoms with Gasteiger partial charge in [-0.05, 0) is 24.0 Å². The van der Waals surface area contributed by atoms with Crippen molar-refractivity contribution in [2.45, 2.75) is 6.18 Å². The minimum atomic E-state index is -4.48. The van der Waals surface area contributed by atoms with Crippen molar-refractivity contribution in [1.82, 2.24) is 10.2 Å². The smallest absolute Gasteiger partial charge is 0.324 e. The maximum Gasteiger partial charge on any atom is 0.418 e. The van der Waals surface area contributed by atoms with Gasteiger partial charge >= 0.3 is 12.2 Å². The fourth-order valence-electron chi connectivity index (χ4n) is 3.05. The first-order valence-electron chi connectivity index (χ1n) is 6.88. The van der Waals surface area contributed by atoms with Crippen LogP contribution in [0.15, 0.2) is 24.3 Å². The predicted molar refractivity (Wildman–Crippen MR) is 71.9 cm³/mol. The number of para-hydroxylation sites is 1. The van der Waals surface area contributed by atoms with E-state index in [9.17, 15) is 18.0 Å². The number of nitrogens with zero attached hydrogens (tertiary/aromatic N) is 1. The summed E-state index contributed by atoms with van der Waals surface area (Å²) in [5, 5.41) is 5.65. The van der Waals surface area contributed by atoms with Gasteiger partial charge in [0.25, 0.3) is 0 Å². The van der Waals surface area contributed by atoms with Crippen LogP contribution in [0.5, 0.6) is 0 Å². The number of likely N-dealkylation sites (tertiary alicyclic amines) is 1. The number of nitrogens with one attached hydrogen (secondary N) is 2. The molecule has 2 saturated heterocycles. The first kappa shape index (κ1) is 14.2. The molecule has 0 spiro atoms. The lowest BCUT2D eigenvalue weighted by Crippen LogP contribution is -2.35. The van der Waals surface area contributed by atoms with Crippen molar-refractivity contribution in [3.8, 4) is 0 Å². The predicted octanol–water partition coefficient (Wildman–Crippen LogP) is 2.39. The molecule has 21 heavy (non-hydrogen) atoms. The lowest BCUT2D eigenvalue weighted by molar-refractivity contribution is -0.136. The molecule has 4 nitrogen and oxygen atoms in total. The second-order valence-electron chi connectivity index (χ2n) is 5.56. The van der Waals surface area contributed by atoms with Gasteiger partial charge in [0.2, 0.25) is 0 Å². The molecular weight excluding hydrogens is 283 g/mol. The second kappa shape index (κ2) is 5.22. The summed E-state index contributed by atoms with van der Waals surface area (Å²) in [6.07, 6.45) is -4.48. The highest BCUT2D eigenvalue weighted by atomic mass is 19.4. The number of anilines is 1. The molecule has 0 aliphatic carbocycles. The Balaban J connectivity index is 1.71. The summed E-state index contributed by atoms with van der Waals surface area (Å²) >= 11 is 0. The fraction of sp³-hybridized carbons (Fsp3) is 0.500. The van der Waals surface area contributed by atoms with Crippen LogP contribution in [0.3, 0.4) is 0 Å². The van der Waals surface area contributed by atoms with Crippen LogP contribution in [-0.2, 0) is 6.18 Å². The topological polar surface area (TPSA) is 44.4 Å². The lowest BCUT2D eigenvalue weighted by Gasteiger charge is -2.20. The number of fused-ring (bicyclic) bond motifs is 1. The average molecular weight is 299 g/mol. The second-order valence-corrected chi connectivity index (χ2v) is 5.56. The number of alkyl halides is 3. The van der Waals surface area contributed by atoms with Crippen LogP contribution in [0.2, 0.25) is 0 Å². The number of hydrogen-bond acceptors (Lipinski definition) is 2. The maximum atomic E-state index is 12.9. The number of amides is 2. The molecule has 0 bridgehead atoms. The summed E-state index contributed by atoms with van der Waals surface area (Å²) in [5.41, 5.74) is -1.01. The molecule has 2 atom stereocenters. The number of carbonyl (C=O) groups is 1. The molecule has 2 aliphatic rings. The van der Waals surface area contributed by atoms with E-state index in [1.165, 1.54) is 18.2 Å². The average Bonchev–Trinajstić information content (AvgIpc) is 2.98. The van der Waals surface area contributed by atoms with E-state index in [0.29, 0.717) is 24.9 Å². The van der Waals surface area contributed by atoms with E-state index in [1.807, 2.05) is 0 Å². The van der Waals surface area contributed by atoms with Crippen LogP contribution >= 0.6 is 0 Å². The molecule has 7 heteroatoms. The minimum Gasteiger partial charge on any atom is -0.324 e.